The van der Waals surface area contributed by atoms with Crippen LogP contribution < -0.4 is 0 Å². The molecule has 0 spiro atoms. The summed E-state index contributed by atoms with van der Waals surface area (Å²) in [5, 5.41) is 39.1. The van der Waals surface area contributed by atoms with Gasteiger partial charge in [0, 0.05) is 227 Å². The van der Waals surface area contributed by atoms with Crippen molar-refractivity contribution in [3.05, 3.63) is 364 Å². The summed E-state index contributed by atoms with van der Waals surface area (Å²) in [5.74, 6) is 0. The highest BCUT2D eigenvalue weighted by Gasteiger charge is 2.23. The summed E-state index contributed by atoms with van der Waals surface area (Å²) in [5.41, 5.74) is 16.6. The summed E-state index contributed by atoms with van der Waals surface area (Å²) in [6.07, 6.45) is 0. The number of nitrogens with zero attached hydrogens (tertiary/aromatic N) is 5. The lowest BCUT2D eigenvalue weighted by atomic mass is 10.0. The Balaban J connectivity index is 0.0000000833. The van der Waals surface area contributed by atoms with Crippen LogP contribution in [0.3, 0.4) is 0 Å². The maximum absolute atomic E-state index is 6.32. The predicted molar refractivity (Wildman–Crippen MR) is 543 cm³/mol. The highest BCUT2D eigenvalue weighted by Crippen LogP contribution is 2.50. The van der Waals surface area contributed by atoms with Gasteiger partial charge in [0.1, 0.15) is 22.3 Å². The lowest BCUT2D eigenvalue weighted by molar-refractivity contribution is 0.672. The van der Waals surface area contributed by atoms with Gasteiger partial charge in [0.25, 0.3) is 0 Å². The SMILES string of the molecule is Cn1c2ccccc2c2c3c(ccc21)oc1c2ccccc2ccc13.Cn1c2ccccc2c2c3c(ccc21)sc1c2ccccc2ccc13.Cn1c2ccccc2c2c3sc4c5ccccc5ccc4c3ccc21.Cn1c2ccccc2c2cc3c(cc21)oc1c2ccccc2ccc31.Cn1c2ccccc2c2cc3c(cc21)sc1c2ccccc2ccc31. The van der Waals surface area contributed by atoms with E-state index in [0.29, 0.717) is 0 Å². The number of aryl methyl sites for hydroxylation is 5. The number of hydrogen-bond donors (Lipinski definition) is 0. The number of thiophene rings is 3. The Kier molecular flexibility index (Phi) is 15.8. The Morgan fingerprint density at radius 2 is 0.504 bits per heavy atom. The van der Waals surface area contributed by atoms with E-state index in [2.05, 4.69) is 422 Å². The average Bonchev–Trinajstić information content (AvgIpc) is 1.59. The number of benzene rings is 20. The third kappa shape index (κ3) is 10.6. The Morgan fingerprint density at radius 3 is 1.05 bits per heavy atom. The van der Waals surface area contributed by atoms with Gasteiger partial charge < -0.3 is 31.7 Å². The van der Waals surface area contributed by atoms with Gasteiger partial charge >= 0.3 is 0 Å². The monoisotopic (exact) mass is 1650 g/mol. The fraction of sp³-hybridized carbons (Fsp3) is 0.0435. The standard InChI is InChI=1S/2C23H15NO.3C23H15NS/c1-24-20-9-5-4-8-16(20)18-12-19-17-11-10-14-6-2-3-7-15(14)23(17)25-22(19)13-21(18)24;1-24-18-9-5-4-8-16(18)21-19(24)12-13-20-22(21)17-11-10-14-6-2-3-7-15(14)23(17)25-20;1-24-20-9-5-4-8-16(20)18-12-19-17-11-10-14-6-2-3-7-15(14)23(17)25-22(19)13-21(18)24;1-24-19-9-5-4-8-18(19)21-20(24)13-12-17-16-11-10-14-6-2-3-7-15(14)22(16)25-23(17)21;1-24-18-9-5-4-8-16(18)21-19(24)12-13-20-22(21)17-11-10-14-6-2-3-7-15(14)23(17)25-20/h5*2-13H,1H3. The van der Waals surface area contributed by atoms with Crippen LogP contribution in [0.25, 0.3) is 267 Å². The Morgan fingerprint density at radius 1 is 0.168 bits per heavy atom. The lowest BCUT2D eigenvalue weighted by Crippen LogP contribution is -1.85. The second kappa shape index (κ2) is 27.5. The quantitative estimate of drug-likeness (QED) is 0.152. The third-order valence-corrected chi connectivity index (χ3v) is 30.7. The fourth-order valence-corrected chi connectivity index (χ4v) is 24.9. The van der Waals surface area contributed by atoms with Gasteiger partial charge in [0.15, 0.2) is 0 Å². The molecule has 0 bridgehead atoms. The maximum atomic E-state index is 6.32. The molecule has 0 saturated heterocycles. The van der Waals surface area contributed by atoms with Crippen molar-refractivity contribution in [3.63, 3.8) is 0 Å². The van der Waals surface area contributed by atoms with Crippen molar-refractivity contribution in [3.8, 4) is 0 Å². The van der Waals surface area contributed by atoms with Crippen LogP contribution in [0.15, 0.2) is 373 Å². The Labute approximate surface area is 726 Å². The molecule has 10 heteroatoms. The van der Waals surface area contributed by atoms with Crippen molar-refractivity contribution in [1.29, 1.82) is 0 Å². The molecule has 0 atom stereocenters. The zero-order chi connectivity index (χ0) is 82.7. The van der Waals surface area contributed by atoms with Crippen LogP contribution in [0, 0.1) is 0 Å². The summed E-state index contributed by atoms with van der Waals surface area (Å²) in [6, 6.07) is 131. The molecular weight excluding hydrogens is 1580 g/mol. The van der Waals surface area contributed by atoms with Gasteiger partial charge in [-0.2, -0.15) is 0 Å². The second-order valence-electron chi connectivity index (χ2n) is 33.4. The third-order valence-electron chi connectivity index (χ3n) is 27.0. The van der Waals surface area contributed by atoms with Crippen molar-refractivity contribution in [1.82, 2.24) is 22.8 Å². The normalized spacial score (nSPS) is 12.2. The number of para-hydroxylation sites is 5. The molecule has 10 heterocycles. The van der Waals surface area contributed by atoms with Crippen LogP contribution in [0.2, 0.25) is 0 Å². The molecule has 0 amide bonds. The molecule has 0 aliphatic heterocycles. The molecule has 20 aromatic carbocycles. The first-order valence-corrected chi connectivity index (χ1v) is 45.1. The van der Waals surface area contributed by atoms with Crippen LogP contribution in [-0.2, 0) is 35.2 Å². The van der Waals surface area contributed by atoms with Gasteiger partial charge in [-0.25, -0.2) is 0 Å². The zero-order valence-corrected chi connectivity index (χ0v) is 71.4. The molecule has 0 aliphatic carbocycles. The highest BCUT2D eigenvalue weighted by atomic mass is 32.1. The summed E-state index contributed by atoms with van der Waals surface area (Å²) in [4.78, 5) is 0. The van der Waals surface area contributed by atoms with Crippen LogP contribution in [0.5, 0.6) is 0 Å². The van der Waals surface area contributed by atoms with Crippen LogP contribution in [0.4, 0.5) is 0 Å². The molecule has 0 saturated carbocycles. The van der Waals surface area contributed by atoms with Crippen molar-refractivity contribution < 1.29 is 8.83 Å². The molecule has 0 radical (unpaired) electrons. The van der Waals surface area contributed by atoms with Crippen molar-refractivity contribution in [2.45, 2.75) is 0 Å². The minimum atomic E-state index is 0.949. The van der Waals surface area contributed by atoms with E-state index < -0.39 is 0 Å². The summed E-state index contributed by atoms with van der Waals surface area (Å²) in [6.45, 7) is 0. The molecule has 7 nitrogen and oxygen atoms in total. The predicted octanol–water partition coefficient (Wildman–Crippen LogP) is 33.3. The second-order valence-corrected chi connectivity index (χ2v) is 36.6. The van der Waals surface area contributed by atoms with Gasteiger partial charge in [-0.15, -0.1) is 34.0 Å². The highest BCUT2D eigenvalue weighted by molar-refractivity contribution is 7.28. The molecule has 0 unspecified atom stereocenters. The van der Waals surface area contributed by atoms with Crippen molar-refractivity contribution >= 4 is 301 Å². The number of rotatable bonds is 0. The van der Waals surface area contributed by atoms with E-state index in [1.165, 1.54) is 245 Å². The molecule has 10 aromatic heterocycles. The fourth-order valence-electron chi connectivity index (χ4n) is 21.0. The van der Waals surface area contributed by atoms with E-state index in [1.807, 2.05) is 34.0 Å². The van der Waals surface area contributed by atoms with Gasteiger partial charge in [-0.3, -0.25) is 0 Å². The van der Waals surface area contributed by atoms with E-state index >= 15 is 0 Å². The molecule has 30 rings (SSSR count). The first-order valence-electron chi connectivity index (χ1n) is 42.6. The van der Waals surface area contributed by atoms with E-state index in [0.717, 1.165) is 22.3 Å². The van der Waals surface area contributed by atoms with Crippen LogP contribution in [-0.4, -0.2) is 22.8 Å². The first kappa shape index (κ1) is 71.7. The van der Waals surface area contributed by atoms with Crippen LogP contribution >= 0.6 is 34.0 Å². The zero-order valence-electron chi connectivity index (χ0n) is 68.9. The van der Waals surface area contributed by atoms with Gasteiger partial charge in [-0.05, 0) is 134 Å². The van der Waals surface area contributed by atoms with E-state index in [-0.39, 0.29) is 0 Å². The lowest BCUT2D eigenvalue weighted by Gasteiger charge is -2.00. The number of fused-ring (bicyclic) bond motifs is 43. The van der Waals surface area contributed by atoms with Gasteiger partial charge in [0.2, 0.25) is 0 Å². The van der Waals surface area contributed by atoms with Gasteiger partial charge in [0.05, 0.1) is 16.6 Å². The topological polar surface area (TPSA) is 50.9 Å². The summed E-state index contributed by atoms with van der Waals surface area (Å²) < 4.78 is 32.4. The molecular formula is C115H75N5O2S3. The minimum Gasteiger partial charge on any atom is -0.455 e. The Bertz CT molecular complexity index is 9340. The number of hydrogen-bond acceptors (Lipinski definition) is 5. The number of aromatic nitrogens is 5. The Hall–Kier alpha value is -15.0. The number of furan rings is 2. The summed E-state index contributed by atoms with van der Waals surface area (Å²) in [7, 11) is 10.8. The molecule has 125 heavy (non-hydrogen) atoms. The first-order chi connectivity index (χ1) is 61.6. The van der Waals surface area contributed by atoms with Crippen molar-refractivity contribution in [2.24, 2.45) is 35.2 Å². The molecule has 0 N–H and O–H groups in total. The van der Waals surface area contributed by atoms with Crippen molar-refractivity contribution in [2.75, 3.05) is 0 Å². The smallest absolute Gasteiger partial charge is 0.143 e. The molecule has 30 aromatic rings. The van der Waals surface area contributed by atoms with E-state index in [9.17, 15) is 0 Å². The average molecular weight is 1660 g/mol. The molecule has 0 fully saturated rings. The summed E-state index contributed by atoms with van der Waals surface area (Å²) >= 11 is 5.76. The molecule has 0 aliphatic rings. The maximum Gasteiger partial charge on any atom is 0.143 e. The minimum absolute atomic E-state index is 0.949. The van der Waals surface area contributed by atoms with E-state index in [4.69, 9.17) is 8.83 Å². The van der Waals surface area contributed by atoms with Gasteiger partial charge in [-0.1, -0.05) is 267 Å². The largest absolute Gasteiger partial charge is 0.455 e. The van der Waals surface area contributed by atoms with E-state index in [1.54, 1.807) is 0 Å². The van der Waals surface area contributed by atoms with Crippen LogP contribution in [0.1, 0.15) is 0 Å². The molecule has 590 valence electrons.